The van der Waals surface area contributed by atoms with Crippen LogP contribution in [0, 0.1) is 23.3 Å². The molecule has 3 aromatic rings. The first-order chi connectivity index (χ1) is 12.8. The summed E-state index contributed by atoms with van der Waals surface area (Å²) >= 11 is 0. The third-order valence-corrected chi connectivity index (χ3v) is 3.81. The van der Waals surface area contributed by atoms with Gasteiger partial charge in [-0.3, -0.25) is 0 Å². The Hall–Kier alpha value is -2.90. The van der Waals surface area contributed by atoms with Gasteiger partial charge in [0.15, 0.2) is 23.7 Å². The molecule has 0 amide bonds. The molecule has 3 aromatic carbocycles. The number of benzene rings is 3. The zero-order valence-corrected chi connectivity index (χ0v) is 13.8. The van der Waals surface area contributed by atoms with Crippen molar-refractivity contribution in [3.05, 3.63) is 83.4 Å². The molecule has 0 bridgehead atoms. The lowest BCUT2D eigenvalue weighted by Gasteiger charge is -2.10. The lowest BCUT2D eigenvalue weighted by Crippen LogP contribution is -2.07. The van der Waals surface area contributed by atoms with Crippen LogP contribution in [0.5, 0.6) is 11.5 Å². The standard InChI is InChI=1S/C20H14F4O3/c21-16-10-14(27-13-3-1-11(2-4-13)7-19(25)26)5-6-15(16)12-8-17(22)20(24)18(23)9-12/h1-6,8-10,19,25-26H,7H2. The van der Waals surface area contributed by atoms with Crippen LogP contribution >= 0.6 is 0 Å². The monoisotopic (exact) mass is 378 g/mol. The van der Waals surface area contributed by atoms with Gasteiger partial charge in [-0.25, -0.2) is 17.6 Å². The van der Waals surface area contributed by atoms with E-state index in [1.165, 1.54) is 12.1 Å². The average molecular weight is 378 g/mol. The van der Waals surface area contributed by atoms with Crippen molar-refractivity contribution < 1.29 is 32.5 Å². The minimum absolute atomic E-state index is 0.0639. The van der Waals surface area contributed by atoms with E-state index in [2.05, 4.69) is 0 Å². The molecule has 0 radical (unpaired) electrons. The van der Waals surface area contributed by atoms with Gasteiger partial charge in [0.1, 0.15) is 17.3 Å². The van der Waals surface area contributed by atoms with Gasteiger partial charge in [0, 0.05) is 18.1 Å². The highest BCUT2D eigenvalue weighted by Crippen LogP contribution is 2.30. The molecule has 0 fully saturated rings. The number of aliphatic hydroxyl groups is 2. The molecular formula is C20H14F4O3. The van der Waals surface area contributed by atoms with E-state index < -0.39 is 29.6 Å². The van der Waals surface area contributed by atoms with Crippen molar-refractivity contribution in [3.63, 3.8) is 0 Å². The summed E-state index contributed by atoms with van der Waals surface area (Å²) < 4.78 is 59.6. The van der Waals surface area contributed by atoms with Crippen molar-refractivity contribution >= 4 is 0 Å². The Bertz CT molecular complexity index is 933. The van der Waals surface area contributed by atoms with Gasteiger partial charge >= 0.3 is 0 Å². The molecule has 0 unspecified atom stereocenters. The minimum Gasteiger partial charge on any atom is -0.457 e. The Morgan fingerprint density at radius 1 is 0.741 bits per heavy atom. The van der Waals surface area contributed by atoms with Crippen molar-refractivity contribution in [1.29, 1.82) is 0 Å². The molecule has 7 heteroatoms. The molecule has 3 rings (SSSR count). The first-order valence-electron chi connectivity index (χ1n) is 7.91. The Labute approximate surface area is 152 Å². The molecular weight excluding hydrogens is 364 g/mol. The molecule has 0 aliphatic carbocycles. The van der Waals surface area contributed by atoms with E-state index in [-0.39, 0.29) is 23.3 Å². The van der Waals surface area contributed by atoms with Gasteiger partial charge in [0.05, 0.1) is 0 Å². The van der Waals surface area contributed by atoms with Crippen LogP contribution in [0.4, 0.5) is 17.6 Å². The van der Waals surface area contributed by atoms with Crippen LogP contribution in [-0.4, -0.2) is 16.5 Å². The number of aliphatic hydroxyl groups excluding tert-OH is 1. The van der Waals surface area contributed by atoms with Crippen LogP contribution in [0.15, 0.2) is 54.6 Å². The van der Waals surface area contributed by atoms with E-state index in [1.807, 2.05) is 0 Å². The van der Waals surface area contributed by atoms with E-state index in [0.717, 1.165) is 6.07 Å². The Morgan fingerprint density at radius 2 is 1.33 bits per heavy atom. The van der Waals surface area contributed by atoms with Crippen molar-refractivity contribution in [2.24, 2.45) is 0 Å². The van der Waals surface area contributed by atoms with Gasteiger partial charge in [-0.05, 0) is 47.5 Å². The summed E-state index contributed by atoms with van der Waals surface area (Å²) in [5.74, 6) is -4.68. The third-order valence-electron chi connectivity index (χ3n) is 3.81. The van der Waals surface area contributed by atoms with Crippen LogP contribution in [0.2, 0.25) is 0 Å². The number of ether oxygens (including phenoxy) is 1. The molecule has 27 heavy (non-hydrogen) atoms. The van der Waals surface area contributed by atoms with Gasteiger partial charge in [0.25, 0.3) is 0 Å². The molecule has 0 saturated carbocycles. The molecule has 0 heterocycles. The predicted octanol–water partition coefficient (Wildman–Crippen LogP) is 4.56. The molecule has 0 aromatic heterocycles. The van der Waals surface area contributed by atoms with Crippen molar-refractivity contribution in [2.45, 2.75) is 12.7 Å². The Balaban J connectivity index is 1.81. The summed E-state index contributed by atoms with van der Waals surface area (Å²) in [6, 6.07) is 11.6. The summed E-state index contributed by atoms with van der Waals surface area (Å²) in [7, 11) is 0. The summed E-state index contributed by atoms with van der Waals surface area (Å²) in [6.45, 7) is 0. The first-order valence-corrected chi connectivity index (χ1v) is 7.91. The molecule has 0 aliphatic rings. The molecule has 0 aliphatic heterocycles. The highest BCUT2D eigenvalue weighted by atomic mass is 19.2. The van der Waals surface area contributed by atoms with Gasteiger partial charge in [-0.1, -0.05) is 12.1 Å². The number of halogens is 4. The summed E-state index contributed by atoms with van der Waals surface area (Å²) in [4.78, 5) is 0. The van der Waals surface area contributed by atoms with Gasteiger partial charge < -0.3 is 14.9 Å². The number of hydrogen-bond donors (Lipinski definition) is 2. The minimum atomic E-state index is -1.61. The highest BCUT2D eigenvalue weighted by Gasteiger charge is 2.14. The normalized spacial score (nSPS) is 11.1. The van der Waals surface area contributed by atoms with Gasteiger partial charge in [-0.15, -0.1) is 0 Å². The molecule has 0 spiro atoms. The van der Waals surface area contributed by atoms with Crippen LogP contribution < -0.4 is 4.74 Å². The number of rotatable bonds is 5. The van der Waals surface area contributed by atoms with Crippen molar-refractivity contribution in [3.8, 4) is 22.6 Å². The molecule has 140 valence electrons. The SMILES string of the molecule is OC(O)Cc1ccc(Oc2ccc(-c3cc(F)c(F)c(F)c3)c(F)c2)cc1. The molecule has 0 atom stereocenters. The number of hydrogen-bond acceptors (Lipinski definition) is 3. The zero-order valence-electron chi connectivity index (χ0n) is 13.8. The second kappa shape index (κ2) is 7.77. The van der Waals surface area contributed by atoms with Gasteiger partial charge in [0.2, 0.25) is 0 Å². The molecule has 2 N–H and O–H groups in total. The van der Waals surface area contributed by atoms with Crippen molar-refractivity contribution in [1.82, 2.24) is 0 Å². The van der Waals surface area contributed by atoms with E-state index in [0.29, 0.717) is 23.4 Å². The maximum Gasteiger partial charge on any atom is 0.194 e. The van der Waals surface area contributed by atoms with Crippen LogP contribution in [0.25, 0.3) is 11.1 Å². The largest absolute Gasteiger partial charge is 0.457 e. The maximum atomic E-state index is 14.3. The van der Waals surface area contributed by atoms with Crippen LogP contribution in [-0.2, 0) is 6.42 Å². The Morgan fingerprint density at radius 3 is 1.89 bits per heavy atom. The maximum absolute atomic E-state index is 14.3. The summed E-state index contributed by atoms with van der Waals surface area (Å²) in [5.41, 5.74) is 0.439. The summed E-state index contributed by atoms with van der Waals surface area (Å²) in [5, 5.41) is 17.9. The molecule has 0 saturated heterocycles. The molecule has 3 nitrogen and oxygen atoms in total. The van der Waals surface area contributed by atoms with Crippen molar-refractivity contribution in [2.75, 3.05) is 0 Å². The smallest absolute Gasteiger partial charge is 0.194 e. The van der Waals surface area contributed by atoms with Gasteiger partial charge in [-0.2, -0.15) is 0 Å². The Kier molecular flexibility index (Phi) is 5.43. The third kappa shape index (κ3) is 4.45. The van der Waals surface area contributed by atoms with Crippen LogP contribution in [0.3, 0.4) is 0 Å². The predicted molar refractivity (Wildman–Crippen MR) is 90.2 cm³/mol. The fourth-order valence-corrected chi connectivity index (χ4v) is 2.54. The fourth-order valence-electron chi connectivity index (χ4n) is 2.54. The second-order valence-electron chi connectivity index (χ2n) is 5.83. The average Bonchev–Trinajstić information content (AvgIpc) is 2.61. The van der Waals surface area contributed by atoms with E-state index in [4.69, 9.17) is 14.9 Å². The van der Waals surface area contributed by atoms with E-state index in [1.54, 1.807) is 24.3 Å². The lowest BCUT2D eigenvalue weighted by atomic mass is 10.0. The van der Waals surface area contributed by atoms with Crippen LogP contribution in [0.1, 0.15) is 5.56 Å². The van der Waals surface area contributed by atoms with E-state index >= 15 is 0 Å². The highest BCUT2D eigenvalue weighted by molar-refractivity contribution is 5.65. The quantitative estimate of drug-likeness (QED) is 0.389. The zero-order chi connectivity index (χ0) is 19.6. The first kappa shape index (κ1) is 18.9. The summed E-state index contributed by atoms with van der Waals surface area (Å²) in [6.07, 6.45) is -1.39. The second-order valence-corrected chi connectivity index (χ2v) is 5.83. The fraction of sp³-hybridized carbons (Fsp3) is 0.100. The topological polar surface area (TPSA) is 49.7 Å². The lowest BCUT2D eigenvalue weighted by molar-refractivity contribution is -0.0381. The van der Waals surface area contributed by atoms with E-state index in [9.17, 15) is 17.6 Å².